The summed E-state index contributed by atoms with van der Waals surface area (Å²) < 4.78 is 11.8. The van der Waals surface area contributed by atoms with Gasteiger partial charge in [0.15, 0.2) is 6.29 Å². The van der Waals surface area contributed by atoms with Crippen molar-refractivity contribution < 1.29 is 14.6 Å². The molecule has 1 saturated heterocycles. The van der Waals surface area contributed by atoms with Gasteiger partial charge in [-0.05, 0) is 30.5 Å². The molecule has 1 aliphatic carbocycles. The van der Waals surface area contributed by atoms with E-state index in [0.29, 0.717) is 15.6 Å². The van der Waals surface area contributed by atoms with Gasteiger partial charge in [0.2, 0.25) is 0 Å². The largest absolute Gasteiger partial charge is 0.394 e. The van der Waals surface area contributed by atoms with E-state index in [1.807, 2.05) is 12.2 Å². The molecule has 1 aromatic carbocycles. The monoisotopic (exact) mass is 326 g/mol. The van der Waals surface area contributed by atoms with Gasteiger partial charge in [0.25, 0.3) is 0 Å². The number of aliphatic hydroxyl groups excluding tert-OH is 1. The molecule has 3 rings (SSSR count). The van der Waals surface area contributed by atoms with E-state index in [1.165, 1.54) is 0 Å². The summed E-state index contributed by atoms with van der Waals surface area (Å²) in [5, 5.41) is 10.6. The standard InChI is InChI=1S/C16H16Cl2O3/c17-11-7-4-8-12(18)14(11)15-13(9-19)20-16(21-15)10-5-2-1-3-6-10/h1-2,4-5,7-8,13,15-16,19H,3,6,9H2. The summed E-state index contributed by atoms with van der Waals surface area (Å²) >= 11 is 12.5. The van der Waals surface area contributed by atoms with Crippen molar-refractivity contribution in [3.05, 3.63) is 57.6 Å². The summed E-state index contributed by atoms with van der Waals surface area (Å²) in [5.74, 6) is 0. The minimum atomic E-state index is -0.473. The Bertz CT molecular complexity index is 563. The molecule has 0 saturated carbocycles. The van der Waals surface area contributed by atoms with Gasteiger partial charge in [-0.15, -0.1) is 0 Å². The molecule has 0 spiro atoms. The molecule has 3 atom stereocenters. The molecule has 21 heavy (non-hydrogen) atoms. The van der Waals surface area contributed by atoms with Crippen LogP contribution in [0.4, 0.5) is 0 Å². The van der Waals surface area contributed by atoms with Gasteiger partial charge in [0, 0.05) is 15.6 Å². The van der Waals surface area contributed by atoms with Crippen LogP contribution in [0.2, 0.25) is 10.0 Å². The number of hydrogen-bond donors (Lipinski definition) is 1. The number of ether oxygens (including phenoxy) is 2. The first-order valence-corrected chi connectivity index (χ1v) is 7.67. The van der Waals surface area contributed by atoms with Crippen LogP contribution in [0.25, 0.3) is 0 Å². The Balaban J connectivity index is 1.88. The van der Waals surface area contributed by atoms with Crippen LogP contribution in [-0.4, -0.2) is 24.1 Å². The molecule has 1 N–H and O–H groups in total. The maximum absolute atomic E-state index is 9.57. The number of allylic oxidation sites excluding steroid dienone is 3. The van der Waals surface area contributed by atoms with Crippen LogP contribution in [0, 0.1) is 0 Å². The second-order valence-electron chi connectivity index (χ2n) is 5.09. The van der Waals surface area contributed by atoms with Crippen LogP contribution >= 0.6 is 23.2 Å². The third-order valence-electron chi connectivity index (χ3n) is 3.72. The molecule has 1 fully saturated rings. The van der Waals surface area contributed by atoms with Gasteiger partial charge >= 0.3 is 0 Å². The Morgan fingerprint density at radius 1 is 1.19 bits per heavy atom. The number of hydrogen-bond acceptors (Lipinski definition) is 3. The lowest BCUT2D eigenvalue weighted by Gasteiger charge is -2.18. The zero-order valence-corrected chi connectivity index (χ0v) is 12.8. The van der Waals surface area contributed by atoms with E-state index in [9.17, 15) is 5.11 Å². The number of aliphatic hydroxyl groups is 1. The van der Waals surface area contributed by atoms with Crippen LogP contribution in [-0.2, 0) is 9.47 Å². The fraction of sp³-hybridized carbons (Fsp3) is 0.375. The normalized spacial score (nSPS) is 28.7. The first-order valence-electron chi connectivity index (χ1n) is 6.92. The van der Waals surface area contributed by atoms with Gasteiger partial charge in [0.1, 0.15) is 12.2 Å². The summed E-state index contributed by atoms with van der Waals surface area (Å²) in [6.45, 7) is -0.147. The Hall–Kier alpha value is -0.840. The van der Waals surface area contributed by atoms with Gasteiger partial charge in [-0.1, -0.05) is 47.5 Å². The Morgan fingerprint density at radius 3 is 2.57 bits per heavy atom. The quantitative estimate of drug-likeness (QED) is 0.910. The van der Waals surface area contributed by atoms with Crippen LogP contribution < -0.4 is 0 Å². The molecule has 0 aromatic heterocycles. The summed E-state index contributed by atoms with van der Waals surface area (Å²) in [5.41, 5.74) is 1.75. The van der Waals surface area contributed by atoms with Crippen molar-refractivity contribution in [1.29, 1.82) is 0 Å². The average Bonchev–Trinajstić information content (AvgIpc) is 2.92. The first kappa shape index (κ1) is 15.1. The maximum atomic E-state index is 9.57. The number of benzene rings is 1. The molecule has 0 radical (unpaired) electrons. The van der Waals surface area contributed by atoms with E-state index in [-0.39, 0.29) is 6.61 Å². The Kier molecular flexibility index (Phi) is 4.67. The van der Waals surface area contributed by atoms with Crippen molar-refractivity contribution in [2.45, 2.75) is 31.3 Å². The molecule has 1 aromatic rings. The van der Waals surface area contributed by atoms with Crippen LogP contribution in [0.3, 0.4) is 0 Å². The molecule has 1 aliphatic heterocycles. The van der Waals surface area contributed by atoms with Gasteiger partial charge < -0.3 is 14.6 Å². The maximum Gasteiger partial charge on any atom is 0.181 e. The molecule has 2 aliphatic rings. The summed E-state index contributed by atoms with van der Waals surface area (Å²) in [6.07, 6.45) is 6.56. The van der Waals surface area contributed by atoms with Crippen LogP contribution in [0.5, 0.6) is 0 Å². The Morgan fingerprint density at radius 2 is 1.95 bits per heavy atom. The molecule has 0 bridgehead atoms. The highest BCUT2D eigenvalue weighted by Crippen LogP contribution is 2.42. The highest BCUT2D eigenvalue weighted by molar-refractivity contribution is 6.36. The topological polar surface area (TPSA) is 38.7 Å². The fourth-order valence-corrected chi connectivity index (χ4v) is 3.26. The fourth-order valence-electron chi connectivity index (χ4n) is 2.65. The molecule has 3 unspecified atom stereocenters. The number of halogens is 2. The molecule has 112 valence electrons. The first-order chi connectivity index (χ1) is 10.2. The van der Waals surface area contributed by atoms with Crippen molar-refractivity contribution in [2.75, 3.05) is 6.61 Å². The summed E-state index contributed by atoms with van der Waals surface area (Å²) in [7, 11) is 0. The van der Waals surface area contributed by atoms with Crippen LogP contribution in [0.1, 0.15) is 24.5 Å². The van der Waals surface area contributed by atoms with E-state index in [0.717, 1.165) is 18.4 Å². The van der Waals surface area contributed by atoms with Crippen molar-refractivity contribution >= 4 is 23.2 Å². The van der Waals surface area contributed by atoms with E-state index in [4.69, 9.17) is 32.7 Å². The highest BCUT2D eigenvalue weighted by atomic mass is 35.5. The van der Waals surface area contributed by atoms with E-state index in [1.54, 1.807) is 18.2 Å². The van der Waals surface area contributed by atoms with E-state index in [2.05, 4.69) is 6.08 Å². The third kappa shape index (κ3) is 3.03. The molecule has 0 amide bonds. The summed E-state index contributed by atoms with van der Waals surface area (Å²) in [6, 6.07) is 5.30. The second-order valence-corrected chi connectivity index (χ2v) is 5.90. The van der Waals surface area contributed by atoms with Gasteiger partial charge in [0.05, 0.1) is 6.61 Å². The zero-order chi connectivity index (χ0) is 14.8. The van der Waals surface area contributed by atoms with Crippen molar-refractivity contribution in [1.82, 2.24) is 0 Å². The van der Waals surface area contributed by atoms with Crippen molar-refractivity contribution in [3.63, 3.8) is 0 Å². The molecular weight excluding hydrogens is 311 g/mol. The summed E-state index contributed by atoms with van der Waals surface area (Å²) in [4.78, 5) is 0. The van der Waals surface area contributed by atoms with Gasteiger partial charge in [-0.3, -0.25) is 0 Å². The molecule has 5 heteroatoms. The van der Waals surface area contributed by atoms with Gasteiger partial charge in [-0.2, -0.15) is 0 Å². The zero-order valence-electron chi connectivity index (χ0n) is 11.3. The van der Waals surface area contributed by atoms with Crippen LogP contribution in [0.15, 0.2) is 42.0 Å². The molecular formula is C16H16Cl2O3. The predicted octanol–water partition coefficient (Wildman–Crippen LogP) is 4.04. The minimum absolute atomic E-state index is 0.147. The molecule has 1 heterocycles. The minimum Gasteiger partial charge on any atom is -0.394 e. The predicted molar refractivity (Wildman–Crippen MR) is 82.5 cm³/mol. The third-order valence-corrected chi connectivity index (χ3v) is 4.38. The number of rotatable bonds is 3. The van der Waals surface area contributed by atoms with Crippen molar-refractivity contribution in [3.8, 4) is 0 Å². The molecule has 3 nitrogen and oxygen atoms in total. The second kappa shape index (κ2) is 6.51. The van der Waals surface area contributed by atoms with E-state index < -0.39 is 18.5 Å². The van der Waals surface area contributed by atoms with Gasteiger partial charge in [-0.25, -0.2) is 0 Å². The SMILES string of the molecule is OCC1OC(C2=CC=CCC2)OC1c1c(Cl)cccc1Cl. The Labute approximate surface area is 133 Å². The van der Waals surface area contributed by atoms with E-state index >= 15 is 0 Å². The lowest BCUT2D eigenvalue weighted by Crippen LogP contribution is -2.20. The van der Waals surface area contributed by atoms with Crippen molar-refractivity contribution in [2.24, 2.45) is 0 Å². The lowest BCUT2D eigenvalue weighted by molar-refractivity contribution is -0.0453. The smallest absolute Gasteiger partial charge is 0.181 e. The lowest BCUT2D eigenvalue weighted by atomic mass is 10.0. The highest BCUT2D eigenvalue weighted by Gasteiger charge is 2.40. The average molecular weight is 327 g/mol.